The highest BCUT2D eigenvalue weighted by atomic mass is 19.4. The van der Waals surface area contributed by atoms with Gasteiger partial charge in [0.05, 0.1) is 0 Å². The SMILES string of the molecule is O=C(Nc1ccnc(OCC(F)(F)F)c1)[C@@H](c1ccccc1)N1CCCCC1=O. The molecule has 1 atom stereocenters. The van der Waals surface area contributed by atoms with E-state index in [1.165, 1.54) is 23.2 Å². The van der Waals surface area contributed by atoms with E-state index in [-0.39, 0.29) is 17.5 Å². The first-order valence-electron chi connectivity index (χ1n) is 9.14. The van der Waals surface area contributed by atoms with Gasteiger partial charge in [-0.25, -0.2) is 4.98 Å². The number of carbonyl (C=O) groups is 2. The summed E-state index contributed by atoms with van der Waals surface area (Å²) in [6, 6.07) is 10.7. The smallest absolute Gasteiger partial charge is 0.422 e. The lowest BCUT2D eigenvalue weighted by Crippen LogP contribution is -2.43. The summed E-state index contributed by atoms with van der Waals surface area (Å²) < 4.78 is 41.6. The number of alkyl halides is 3. The summed E-state index contributed by atoms with van der Waals surface area (Å²) in [6.45, 7) is -1.02. The first-order valence-corrected chi connectivity index (χ1v) is 9.14. The van der Waals surface area contributed by atoms with Crippen LogP contribution in [-0.4, -0.2) is 41.0 Å². The van der Waals surface area contributed by atoms with Crippen LogP contribution in [0.15, 0.2) is 48.7 Å². The molecule has 1 N–H and O–H groups in total. The van der Waals surface area contributed by atoms with Crippen molar-refractivity contribution in [2.45, 2.75) is 31.5 Å². The molecule has 2 aromatic rings. The van der Waals surface area contributed by atoms with Crippen LogP contribution in [0.1, 0.15) is 30.9 Å². The van der Waals surface area contributed by atoms with E-state index in [4.69, 9.17) is 0 Å². The molecule has 0 unspecified atom stereocenters. The second kappa shape index (κ2) is 8.93. The van der Waals surface area contributed by atoms with Crippen LogP contribution < -0.4 is 10.1 Å². The second-order valence-corrected chi connectivity index (χ2v) is 6.63. The van der Waals surface area contributed by atoms with Gasteiger partial charge in [-0.05, 0) is 24.5 Å². The van der Waals surface area contributed by atoms with E-state index in [0.717, 1.165) is 12.8 Å². The third-order valence-corrected chi connectivity index (χ3v) is 4.42. The van der Waals surface area contributed by atoms with Gasteiger partial charge in [-0.2, -0.15) is 13.2 Å². The van der Waals surface area contributed by atoms with E-state index in [0.29, 0.717) is 18.5 Å². The predicted molar refractivity (Wildman–Crippen MR) is 99.2 cm³/mol. The quantitative estimate of drug-likeness (QED) is 0.793. The first-order chi connectivity index (χ1) is 13.8. The zero-order valence-electron chi connectivity index (χ0n) is 15.5. The Morgan fingerprint density at radius 1 is 1.21 bits per heavy atom. The third kappa shape index (κ3) is 5.69. The van der Waals surface area contributed by atoms with Gasteiger partial charge in [0.15, 0.2) is 6.61 Å². The highest BCUT2D eigenvalue weighted by Crippen LogP contribution is 2.27. The Balaban J connectivity index is 1.79. The highest BCUT2D eigenvalue weighted by molar-refractivity contribution is 5.98. The van der Waals surface area contributed by atoms with E-state index in [9.17, 15) is 22.8 Å². The monoisotopic (exact) mass is 407 g/mol. The van der Waals surface area contributed by atoms with Gasteiger partial charge in [-0.3, -0.25) is 9.59 Å². The van der Waals surface area contributed by atoms with Crippen LogP contribution in [0.5, 0.6) is 5.88 Å². The van der Waals surface area contributed by atoms with Gasteiger partial charge in [-0.1, -0.05) is 30.3 Å². The number of hydrogen-bond donors (Lipinski definition) is 1. The molecule has 1 aliphatic rings. The second-order valence-electron chi connectivity index (χ2n) is 6.63. The van der Waals surface area contributed by atoms with Crippen LogP contribution >= 0.6 is 0 Å². The van der Waals surface area contributed by atoms with Crippen molar-refractivity contribution < 1.29 is 27.5 Å². The van der Waals surface area contributed by atoms with Gasteiger partial charge in [0.1, 0.15) is 6.04 Å². The molecule has 1 aromatic heterocycles. The van der Waals surface area contributed by atoms with Crippen LogP contribution in [0.2, 0.25) is 0 Å². The van der Waals surface area contributed by atoms with Crippen LogP contribution in [-0.2, 0) is 9.59 Å². The Labute approximate surface area is 165 Å². The number of anilines is 1. The average molecular weight is 407 g/mol. The molecule has 0 saturated carbocycles. The molecule has 6 nitrogen and oxygen atoms in total. The Morgan fingerprint density at radius 3 is 2.66 bits per heavy atom. The Morgan fingerprint density at radius 2 is 1.97 bits per heavy atom. The molecule has 1 fully saturated rings. The molecule has 29 heavy (non-hydrogen) atoms. The fourth-order valence-electron chi connectivity index (χ4n) is 3.14. The van der Waals surface area contributed by atoms with Crippen LogP contribution in [0.3, 0.4) is 0 Å². The lowest BCUT2D eigenvalue weighted by molar-refractivity contribution is -0.154. The topological polar surface area (TPSA) is 71.5 Å². The molecule has 1 aromatic carbocycles. The number of amides is 2. The molecule has 2 amide bonds. The summed E-state index contributed by atoms with van der Waals surface area (Å²) in [4.78, 5) is 30.7. The van der Waals surface area contributed by atoms with Crippen molar-refractivity contribution in [3.63, 3.8) is 0 Å². The summed E-state index contributed by atoms with van der Waals surface area (Å²) in [6.07, 6.45) is -1.30. The molecular formula is C20H20F3N3O3. The minimum Gasteiger partial charge on any atom is -0.468 e. The molecule has 154 valence electrons. The maximum Gasteiger partial charge on any atom is 0.422 e. The minimum atomic E-state index is -4.49. The van der Waals surface area contributed by atoms with E-state index >= 15 is 0 Å². The summed E-state index contributed by atoms with van der Waals surface area (Å²) in [5.41, 5.74) is 0.885. The van der Waals surface area contributed by atoms with Crippen LogP contribution in [0.25, 0.3) is 0 Å². The molecule has 3 rings (SSSR count). The summed E-state index contributed by atoms with van der Waals surface area (Å²) in [7, 11) is 0. The summed E-state index contributed by atoms with van der Waals surface area (Å²) in [5.74, 6) is -0.825. The van der Waals surface area contributed by atoms with E-state index in [1.807, 2.05) is 6.07 Å². The fourth-order valence-corrected chi connectivity index (χ4v) is 3.14. The number of likely N-dealkylation sites (tertiary alicyclic amines) is 1. The van der Waals surface area contributed by atoms with Crippen molar-refractivity contribution in [2.75, 3.05) is 18.5 Å². The maximum absolute atomic E-state index is 13.0. The molecule has 9 heteroatoms. The molecule has 1 saturated heterocycles. The number of halogens is 3. The molecule has 1 aliphatic heterocycles. The fraction of sp³-hybridized carbons (Fsp3) is 0.350. The lowest BCUT2D eigenvalue weighted by Gasteiger charge is -2.34. The Kier molecular flexibility index (Phi) is 6.36. The van der Waals surface area contributed by atoms with E-state index < -0.39 is 24.7 Å². The number of hydrogen-bond acceptors (Lipinski definition) is 4. The van der Waals surface area contributed by atoms with Gasteiger partial charge in [-0.15, -0.1) is 0 Å². The van der Waals surface area contributed by atoms with Crippen molar-refractivity contribution in [2.24, 2.45) is 0 Å². The Bertz CT molecular complexity index is 859. The largest absolute Gasteiger partial charge is 0.468 e. The number of carbonyl (C=O) groups excluding carboxylic acids is 2. The number of aromatic nitrogens is 1. The Hall–Kier alpha value is -3.10. The van der Waals surface area contributed by atoms with Crippen molar-refractivity contribution in [3.05, 3.63) is 54.2 Å². The van der Waals surface area contributed by atoms with Gasteiger partial charge >= 0.3 is 6.18 Å². The summed E-state index contributed by atoms with van der Waals surface area (Å²) in [5, 5.41) is 2.66. The van der Waals surface area contributed by atoms with Crippen LogP contribution in [0, 0.1) is 0 Å². The predicted octanol–water partition coefficient (Wildman–Crippen LogP) is 3.72. The van der Waals surface area contributed by atoms with Gasteiger partial charge in [0, 0.05) is 30.9 Å². The van der Waals surface area contributed by atoms with Crippen molar-refractivity contribution in [3.8, 4) is 5.88 Å². The normalized spacial score (nSPS) is 15.7. The van der Waals surface area contributed by atoms with Crippen molar-refractivity contribution in [1.29, 1.82) is 0 Å². The van der Waals surface area contributed by atoms with Crippen molar-refractivity contribution in [1.82, 2.24) is 9.88 Å². The minimum absolute atomic E-state index is 0.107. The molecule has 0 spiro atoms. The van der Waals surface area contributed by atoms with Gasteiger partial charge in [0.25, 0.3) is 5.91 Å². The number of ether oxygens (including phenoxy) is 1. The molecule has 0 aliphatic carbocycles. The average Bonchev–Trinajstić information content (AvgIpc) is 2.69. The number of benzene rings is 1. The number of rotatable bonds is 6. The molecule has 0 radical (unpaired) electrons. The number of nitrogens with one attached hydrogen (secondary N) is 1. The van der Waals surface area contributed by atoms with E-state index in [1.54, 1.807) is 24.3 Å². The maximum atomic E-state index is 13.0. The standard InChI is InChI=1S/C20H20F3N3O3/c21-20(22,23)13-29-16-12-15(9-10-24-16)25-19(28)18(14-6-2-1-3-7-14)26-11-5-4-8-17(26)27/h1-3,6-7,9-10,12,18H,4-5,8,11,13H2,(H,24,25,28)/t18-/m1/s1. The number of pyridine rings is 1. The molecule has 2 heterocycles. The zero-order valence-corrected chi connectivity index (χ0v) is 15.5. The first kappa shape index (κ1) is 20.6. The van der Waals surface area contributed by atoms with Crippen LogP contribution in [0.4, 0.5) is 18.9 Å². The number of piperidine rings is 1. The number of nitrogens with zero attached hydrogens (tertiary/aromatic N) is 2. The molecular weight excluding hydrogens is 387 g/mol. The zero-order chi connectivity index (χ0) is 20.9. The van der Waals surface area contributed by atoms with Gasteiger partial charge < -0.3 is 15.0 Å². The summed E-state index contributed by atoms with van der Waals surface area (Å²) >= 11 is 0. The highest BCUT2D eigenvalue weighted by Gasteiger charge is 2.33. The van der Waals surface area contributed by atoms with Gasteiger partial charge in [0.2, 0.25) is 11.8 Å². The van der Waals surface area contributed by atoms with E-state index in [2.05, 4.69) is 15.0 Å². The van der Waals surface area contributed by atoms with Crippen molar-refractivity contribution >= 4 is 17.5 Å². The third-order valence-electron chi connectivity index (χ3n) is 4.42. The lowest BCUT2D eigenvalue weighted by atomic mass is 10.0. The molecule has 0 bridgehead atoms.